The molecule has 1 aliphatic rings. The van der Waals surface area contributed by atoms with Gasteiger partial charge in [-0.2, -0.15) is 0 Å². The van der Waals surface area contributed by atoms with Crippen LogP contribution in [0.1, 0.15) is 38.2 Å². The molecule has 3 amide bonds. The summed E-state index contributed by atoms with van der Waals surface area (Å²) < 4.78 is 0. The number of rotatable bonds is 3. The Bertz CT molecular complexity index is 818. The normalized spacial score (nSPS) is 13.3. The van der Waals surface area contributed by atoms with E-state index in [0.717, 1.165) is 10.4 Å². The predicted octanol–water partition coefficient (Wildman–Crippen LogP) is 0.794. The first-order valence-electron chi connectivity index (χ1n) is 7.24. The van der Waals surface area contributed by atoms with Crippen LogP contribution in [0.3, 0.4) is 0 Å². The van der Waals surface area contributed by atoms with E-state index in [1.54, 1.807) is 4.90 Å². The van der Waals surface area contributed by atoms with Gasteiger partial charge in [-0.05, 0) is 12.0 Å². The highest BCUT2D eigenvalue weighted by molar-refractivity contribution is 7.17. The minimum atomic E-state index is -0.599. The smallest absolute Gasteiger partial charge is 0.276 e. The van der Waals surface area contributed by atoms with E-state index < -0.39 is 11.8 Å². The molecule has 0 atom stereocenters. The SMILES string of the molecule is CC(=O)N1CCc2c(sc(NC(=O)c3cnccn3)c2C(N)=O)C1. The van der Waals surface area contributed by atoms with Gasteiger partial charge in [0, 0.05) is 30.7 Å². The zero-order valence-electron chi connectivity index (χ0n) is 12.9. The summed E-state index contributed by atoms with van der Waals surface area (Å²) in [6.07, 6.45) is 4.74. The molecule has 3 N–H and O–H groups in total. The molecule has 0 bridgehead atoms. The van der Waals surface area contributed by atoms with Crippen LogP contribution in [-0.2, 0) is 17.8 Å². The van der Waals surface area contributed by atoms with Crippen LogP contribution in [0, 0.1) is 0 Å². The Kier molecular flexibility index (Phi) is 4.26. The number of primary amides is 1. The molecule has 8 nitrogen and oxygen atoms in total. The molecule has 0 aliphatic carbocycles. The molecule has 124 valence electrons. The van der Waals surface area contributed by atoms with Gasteiger partial charge in [0.15, 0.2) is 0 Å². The molecule has 24 heavy (non-hydrogen) atoms. The zero-order valence-corrected chi connectivity index (χ0v) is 13.7. The number of hydrogen-bond acceptors (Lipinski definition) is 6. The molecular weight excluding hydrogens is 330 g/mol. The minimum Gasteiger partial charge on any atom is -0.365 e. The van der Waals surface area contributed by atoms with Gasteiger partial charge < -0.3 is 16.0 Å². The number of fused-ring (bicyclic) bond motifs is 1. The van der Waals surface area contributed by atoms with Gasteiger partial charge in [0.2, 0.25) is 5.91 Å². The van der Waals surface area contributed by atoms with E-state index in [1.165, 1.54) is 36.9 Å². The Morgan fingerprint density at radius 3 is 2.75 bits per heavy atom. The quantitative estimate of drug-likeness (QED) is 0.853. The number of hydrogen-bond donors (Lipinski definition) is 2. The predicted molar refractivity (Wildman–Crippen MR) is 87.6 cm³/mol. The van der Waals surface area contributed by atoms with Crippen LogP contribution in [0.4, 0.5) is 5.00 Å². The molecule has 0 spiro atoms. The van der Waals surface area contributed by atoms with Crippen LogP contribution in [0.2, 0.25) is 0 Å². The zero-order chi connectivity index (χ0) is 17.3. The fourth-order valence-corrected chi connectivity index (χ4v) is 3.87. The molecule has 1 aliphatic heterocycles. The second kappa shape index (κ2) is 6.36. The lowest BCUT2D eigenvalue weighted by atomic mass is 10.0. The van der Waals surface area contributed by atoms with Crippen LogP contribution in [0.25, 0.3) is 0 Å². The number of thiophene rings is 1. The molecule has 0 radical (unpaired) electrons. The number of carbonyl (C=O) groups is 3. The van der Waals surface area contributed by atoms with Crippen LogP contribution in [0.5, 0.6) is 0 Å². The Morgan fingerprint density at radius 2 is 2.12 bits per heavy atom. The van der Waals surface area contributed by atoms with E-state index in [0.29, 0.717) is 30.1 Å². The average molecular weight is 345 g/mol. The monoisotopic (exact) mass is 345 g/mol. The number of amides is 3. The molecule has 0 saturated carbocycles. The first-order valence-corrected chi connectivity index (χ1v) is 8.06. The van der Waals surface area contributed by atoms with E-state index in [2.05, 4.69) is 15.3 Å². The molecule has 3 rings (SSSR count). The lowest BCUT2D eigenvalue weighted by Crippen LogP contribution is -2.34. The van der Waals surface area contributed by atoms with Crippen molar-refractivity contribution in [1.82, 2.24) is 14.9 Å². The fraction of sp³-hybridized carbons (Fsp3) is 0.267. The fourth-order valence-electron chi connectivity index (χ4n) is 2.60. The molecule has 0 unspecified atom stereocenters. The molecule has 2 aromatic rings. The van der Waals surface area contributed by atoms with E-state index in [4.69, 9.17) is 5.73 Å². The summed E-state index contributed by atoms with van der Waals surface area (Å²) >= 11 is 1.26. The molecule has 0 fully saturated rings. The van der Waals surface area contributed by atoms with Crippen LogP contribution < -0.4 is 11.1 Å². The van der Waals surface area contributed by atoms with Gasteiger partial charge in [-0.25, -0.2) is 4.98 Å². The summed E-state index contributed by atoms with van der Waals surface area (Å²) in [6, 6.07) is 0. The third kappa shape index (κ3) is 2.98. The van der Waals surface area contributed by atoms with Crippen LogP contribution in [0.15, 0.2) is 18.6 Å². The summed E-state index contributed by atoms with van der Waals surface area (Å²) in [5.74, 6) is -1.09. The van der Waals surface area contributed by atoms with Crippen molar-refractivity contribution < 1.29 is 14.4 Å². The second-order valence-electron chi connectivity index (χ2n) is 5.31. The molecule has 0 saturated heterocycles. The average Bonchev–Trinajstić information content (AvgIpc) is 2.92. The van der Waals surface area contributed by atoms with Crippen molar-refractivity contribution in [1.29, 1.82) is 0 Å². The summed E-state index contributed by atoms with van der Waals surface area (Å²) in [5, 5.41) is 3.07. The van der Waals surface area contributed by atoms with Crippen molar-refractivity contribution in [2.75, 3.05) is 11.9 Å². The third-order valence-electron chi connectivity index (χ3n) is 3.77. The Morgan fingerprint density at radius 1 is 1.33 bits per heavy atom. The standard InChI is InChI=1S/C15H15N5O3S/c1-8(21)20-5-2-9-11(7-20)24-15(12(9)13(16)22)19-14(23)10-6-17-3-4-18-10/h3-4,6H,2,5,7H2,1H3,(H2,16,22)(H,19,23). The maximum Gasteiger partial charge on any atom is 0.276 e. The van der Waals surface area contributed by atoms with E-state index in [9.17, 15) is 14.4 Å². The highest BCUT2D eigenvalue weighted by atomic mass is 32.1. The number of nitrogens with zero attached hydrogens (tertiary/aromatic N) is 3. The Balaban J connectivity index is 1.93. The number of nitrogens with two attached hydrogens (primary N) is 1. The topological polar surface area (TPSA) is 118 Å². The van der Waals surface area contributed by atoms with Crippen LogP contribution in [-0.4, -0.2) is 39.1 Å². The number of aromatic nitrogens is 2. The molecule has 0 aromatic carbocycles. The van der Waals surface area contributed by atoms with Gasteiger partial charge in [0.05, 0.1) is 18.3 Å². The molecule has 2 aromatic heterocycles. The largest absolute Gasteiger partial charge is 0.365 e. The van der Waals surface area contributed by atoms with Crippen molar-refractivity contribution in [2.24, 2.45) is 5.73 Å². The highest BCUT2D eigenvalue weighted by Gasteiger charge is 2.28. The lowest BCUT2D eigenvalue weighted by Gasteiger charge is -2.25. The van der Waals surface area contributed by atoms with Gasteiger partial charge in [-0.3, -0.25) is 19.4 Å². The third-order valence-corrected chi connectivity index (χ3v) is 4.90. The second-order valence-corrected chi connectivity index (χ2v) is 6.41. The van der Waals surface area contributed by atoms with Crippen LogP contribution >= 0.6 is 11.3 Å². The van der Waals surface area contributed by atoms with Gasteiger partial charge in [-0.15, -0.1) is 11.3 Å². The van der Waals surface area contributed by atoms with Crippen molar-refractivity contribution in [3.8, 4) is 0 Å². The maximum absolute atomic E-state index is 12.3. The lowest BCUT2D eigenvalue weighted by molar-refractivity contribution is -0.129. The first kappa shape index (κ1) is 16.1. The number of nitrogens with one attached hydrogen (secondary N) is 1. The highest BCUT2D eigenvalue weighted by Crippen LogP contribution is 2.37. The molecule has 9 heteroatoms. The molecule has 3 heterocycles. The van der Waals surface area contributed by atoms with E-state index >= 15 is 0 Å². The summed E-state index contributed by atoms with van der Waals surface area (Å²) in [5.41, 5.74) is 6.76. The van der Waals surface area contributed by atoms with Crippen molar-refractivity contribution in [3.63, 3.8) is 0 Å². The number of anilines is 1. The van der Waals surface area contributed by atoms with Crippen molar-refractivity contribution >= 4 is 34.1 Å². The Labute approximate surface area is 141 Å². The molecular formula is C15H15N5O3S. The first-order chi connectivity index (χ1) is 11.5. The maximum atomic E-state index is 12.3. The van der Waals surface area contributed by atoms with Crippen molar-refractivity contribution in [2.45, 2.75) is 19.9 Å². The van der Waals surface area contributed by atoms with Gasteiger partial charge in [0.25, 0.3) is 11.8 Å². The minimum absolute atomic E-state index is 0.0279. The van der Waals surface area contributed by atoms with Gasteiger partial charge in [-0.1, -0.05) is 0 Å². The van der Waals surface area contributed by atoms with Gasteiger partial charge >= 0.3 is 0 Å². The summed E-state index contributed by atoms with van der Waals surface area (Å²) in [6.45, 7) is 2.44. The van der Waals surface area contributed by atoms with E-state index in [-0.39, 0.29) is 11.6 Å². The van der Waals surface area contributed by atoms with Crippen molar-refractivity contribution in [3.05, 3.63) is 40.3 Å². The summed E-state index contributed by atoms with van der Waals surface area (Å²) in [4.78, 5) is 46.0. The Hall–Kier alpha value is -2.81. The number of carbonyl (C=O) groups excluding carboxylic acids is 3. The van der Waals surface area contributed by atoms with Gasteiger partial charge in [0.1, 0.15) is 10.7 Å². The summed E-state index contributed by atoms with van der Waals surface area (Å²) in [7, 11) is 0. The van der Waals surface area contributed by atoms with E-state index in [1.807, 2.05) is 0 Å².